The molecular formula is C9H8F2O4S2. The number of fused-ring (bicyclic) bond motifs is 1. The Morgan fingerprint density at radius 1 is 1.29 bits per heavy atom. The van der Waals surface area contributed by atoms with Gasteiger partial charge in [-0.05, 0) is 30.2 Å². The van der Waals surface area contributed by atoms with Gasteiger partial charge in [0.25, 0.3) is 0 Å². The Morgan fingerprint density at radius 3 is 2.53 bits per heavy atom. The average molecular weight is 282 g/mol. The molecule has 0 bridgehead atoms. The van der Waals surface area contributed by atoms with Crippen LogP contribution >= 0.6 is 0 Å². The summed E-state index contributed by atoms with van der Waals surface area (Å²) in [7, 11) is -8.59. The van der Waals surface area contributed by atoms with E-state index >= 15 is 0 Å². The van der Waals surface area contributed by atoms with Crippen LogP contribution in [0.15, 0.2) is 23.1 Å². The molecule has 0 spiro atoms. The Balaban J connectivity index is 2.74. The third-order valence-electron chi connectivity index (χ3n) is 2.64. The first-order valence-electron chi connectivity index (χ1n) is 4.67. The van der Waals surface area contributed by atoms with E-state index in [4.69, 9.17) is 0 Å². The molecule has 1 unspecified atom stereocenters. The minimum absolute atomic E-state index is 0.309. The van der Waals surface area contributed by atoms with Crippen molar-refractivity contribution in [3.63, 3.8) is 0 Å². The summed E-state index contributed by atoms with van der Waals surface area (Å²) < 4.78 is 71.0. The van der Waals surface area contributed by atoms with Gasteiger partial charge in [0.2, 0.25) is 0 Å². The molecule has 94 valence electrons. The Kier molecular flexibility index (Phi) is 2.74. The molecule has 1 aromatic carbocycles. The second-order valence-electron chi connectivity index (χ2n) is 3.75. The molecule has 17 heavy (non-hydrogen) atoms. The molecule has 8 heteroatoms. The highest BCUT2D eigenvalue weighted by Gasteiger charge is 2.38. The zero-order chi connectivity index (χ0) is 12.8. The zero-order valence-electron chi connectivity index (χ0n) is 8.43. The van der Waals surface area contributed by atoms with Crippen molar-refractivity contribution >= 4 is 20.1 Å². The number of benzene rings is 1. The molecule has 0 N–H and O–H groups in total. The number of halogens is 2. The lowest BCUT2D eigenvalue weighted by Crippen LogP contribution is -2.23. The van der Waals surface area contributed by atoms with Gasteiger partial charge in [0.05, 0.1) is 10.6 Å². The molecule has 0 amide bonds. The van der Waals surface area contributed by atoms with Crippen LogP contribution in [0.2, 0.25) is 0 Å². The van der Waals surface area contributed by atoms with Gasteiger partial charge in [-0.1, -0.05) is 0 Å². The maximum Gasteiger partial charge on any atom is 0.309 e. The van der Waals surface area contributed by atoms with Crippen molar-refractivity contribution in [1.29, 1.82) is 0 Å². The number of rotatable bonds is 1. The largest absolute Gasteiger partial charge is 0.309 e. The summed E-state index contributed by atoms with van der Waals surface area (Å²) >= 11 is 0. The van der Waals surface area contributed by atoms with Crippen LogP contribution in [0.25, 0.3) is 0 Å². The summed E-state index contributed by atoms with van der Waals surface area (Å²) in [6.45, 7) is 0. The lowest BCUT2D eigenvalue weighted by atomic mass is 10.1. The molecule has 0 saturated heterocycles. The standard InChI is InChI=1S/C9H8F2O4S2/c10-6-1-2-8-7(5-6)9(17(11,14)15)3-4-16(8,12)13/h1-2,5,9H,3-4H2. The van der Waals surface area contributed by atoms with Gasteiger partial charge >= 0.3 is 10.2 Å². The first kappa shape index (κ1) is 12.4. The molecule has 1 heterocycles. The van der Waals surface area contributed by atoms with E-state index in [0.717, 1.165) is 18.2 Å². The van der Waals surface area contributed by atoms with Crippen LogP contribution in [0.4, 0.5) is 8.28 Å². The van der Waals surface area contributed by atoms with Gasteiger partial charge in [-0.25, -0.2) is 12.8 Å². The van der Waals surface area contributed by atoms with Crippen LogP contribution in [0.3, 0.4) is 0 Å². The topological polar surface area (TPSA) is 68.3 Å². The lowest BCUT2D eigenvalue weighted by molar-refractivity contribution is 0.526. The van der Waals surface area contributed by atoms with Crippen molar-refractivity contribution in [3.8, 4) is 0 Å². The fourth-order valence-corrected chi connectivity index (χ4v) is 4.60. The summed E-state index contributed by atoms with van der Waals surface area (Å²) in [4.78, 5) is -0.309. The summed E-state index contributed by atoms with van der Waals surface area (Å²) in [5, 5.41) is -1.60. The lowest BCUT2D eigenvalue weighted by Gasteiger charge is -2.22. The average Bonchev–Trinajstić information content (AvgIpc) is 2.14. The van der Waals surface area contributed by atoms with E-state index in [0.29, 0.717) is 0 Å². The highest BCUT2D eigenvalue weighted by Crippen LogP contribution is 2.38. The van der Waals surface area contributed by atoms with Gasteiger partial charge in [-0.15, -0.1) is 3.89 Å². The van der Waals surface area contributed by atoms with Gasteiger partial charge in [-0.2, -0.15) is 8.42 Å². The minimum Gasteiger partial charge on any atom is -0.224 e. The van der Waals surface area contributed by atoms with Crippen molar-refractivity contribution in [2.24, 2.45) is 0 Å². The van der Waals surface area contributed by atoms with Crippen LogP contribution in [0.1, 0.15) is 17.2 Å². The Morgan fingerprint density at radius 2 is 1.94 bits per heavy atom. The maximum atomic E-state index is 13.0. The number of hydrogen-bond donors (Lipinski definition) is 0. The normalized spacial score (nSPS) is 23.1. The highest BCUT2D eigenvalue weighted by molar-refractivity contribution is 7.92. The predicted molar refractivity (Wildman–Crippen MR) is 55.8 cm³/mol. The van der Waals surface area contributed by atoms with E-state index in [1.807, 2.05) is 0 Å². The molecule has 1 atom stereocenters. The van der Waals surface area contributed by atoms with Crippen LogP contribution < -0.4 is 0 Å². The predicted octanol–water partition coefficient (Wildman–Crippen LogP) is 1.34. The van der Waals surface area contributed by atoms with Crippen molar-refractivity contribution in [2.75, 3.05) is 5.75 Å². The molecule has 4 nitrogen and oxygen atoms in total. The van der Waals surface area contributed by atoms with Crippen molar-refractivity contribution in [3.05, 3.63) is 29.6 Å². The summed E-state index contributed by atoms with van der Waals surface area (Å²) in [5.74, 6) is -1.26. The first-order chi connectivity index (χ1) is 7.72. The summed E-state index contributed by atoms with van der Waals surface area (Å²) in [5.41, 5.74) is -0.321. The fourth-order valence-electron chi connectivity index (χ4n) is 1.87. The molecule has 1 aliphatic heterocycles. The quantitative estimate of drug-likeness (QED) is 0.576. The molecule has 0 aromatic heterocycles. The van der Waals surface area contributed by atoms with Gasteiger partial charge < -0.3 is 0 Å². The Hall–Kier alpha value is -1.02. The van der Waals surface area contributed by atoms with E-state index in [9.17, 15) is 25.1 Å². The summed E-state index contributed by atoms with van der Waals surface area (Å²) in [6, 6.07) is 2.63. The third-order valence-corrected chi connectivity index (χ3v) is 5.63. The highest BCUT2D eigenvalue weighted by atomic mass is 32.3. The van der Waals surface area contributed by atoms with E-state index < -0.39 is 43.3 Å². The second-order valence-corrected chi connectivity index (χ2v) is 7.35. The SMILES string of the molecule is O=S1(=O)CCC(S(=O)(=O)F)c2cc(F)ccc21. The molecule has 1 aromatic rings. The Labute approximate surface area is 97.4 Å². The fraction of sp³-hybridized carbons (Fsp3) is 0.333. The van der Waals surface area contributed by atoms with Crippen LogP contribution in [-0.2, 0) is 20.1 Å². The van der Waals surface area contributed by atoms with Gasteiger partial charge in [0, 0.05) is 0 Å². The first-order valence-corrected chi connectivity index (χ1v) is 7.77. The molecule has 0 fully saturated rings. The minimum atomic E-state index is -4.94. The number of sulfone groups is 1. The third kappa shape index (κ3) is 2.19. The Bertz CT molecular complexity index is 664. The van der Waals surface area contributed by atoms with Crippen LogP contribution in [-0.4, -0.2) is 22.6 Å². The van der Waals surface area contributed by atoms with E-state index in [-0.39, 0.29) is 10.5 Å². The van der Waals surface area contributed by atoms with Gasteiger partial charge in [0.15, 0.2) is 9.84 Å². The molecule has 0 aliphatic carbocycles. The van der Waals surface area contributed by atoms with Crippen LogP contribution in [0, 0.1) is 5.82 Å². The monoisotopic (exact) mass is 282 g/mol. The van der Waals surface area contributed by atoms with Crippen LogP contribution in [0.5, 0.6) is 0 Å². The molecule has 0 radical (unpaired) electrons. The molecule has 0 saturated carbocycles. The van der Waals surface area contributed by atoms with Crippen molar-refractivity contribution in [1.82, 2.24) is 0 Å². The zero-order valence-corrected chi connectivity index (χ0v) is 10.1. The smallest absolute Gasteiger partial charge is 0.224 e. The summed E-state index contributed by atoms with van der Waals surface area (Å²) in [6.07, 6.45) is -0.391. The molecular weight excluding hydrogens is 274 g/mol. The van der Waals surface area contributed by atoms with Crippen molar-refractivity contribution < 1.29 is 25.1 Å². The second kappa shape index (κ2) is 3.74. The van der Waals surface area contributed by atoms with Gasteiger partial charge in [-0.3, -0.25) is 0 Å². The van der Waals surface area contributed by atoms with E-state index in [1.54, 1.807) is 0 Å². The molecule has 2 rings (SSSR count). The van der Waals surface area contributed by atoms with Crippen molar-refractivity contribution in [2.45, 2.75) is 16.6 Å². The maximum absolute atomic E-state index is 13.0. The number of hydrogen-bond acceptors (Lipinski definition) is 4. The van der Waals surface area contributed by atoms with Gasteiger partial charge in [0.1, 0.15) is 11.1 Å². The van der Waals surface area contributed by atoms with E-state index in [1.165, 1.54) is 0 Å². The van der Waals surface area contributed by atoms with E-state index in [2.05, 4.69) is 0 Å². The molecule has 1 aliphatic rings.